The largest absolute Gasteiger partial charge is 0.350 e. The summed E-state index contributed by atoms with van der Waals surface area (Å²) in [5, 5.41) is 9.38. The van der Waals surface area contributed by atoms with E-state index in [1.807, 2.05) is 48.5 Å². The Hall–Kier alpha value is -3.80. The Bertz CT molecular complexity index is 1190. The van der Waals surface area contributed by atoms with Gasteiger partial charge < -0.3 is 5.32 Å². The molecule has 0 radical (unpaired) electrons. The molecule has 1 amide bonds. The molecule has 6 nitrogen and oxygen atoms in total. The molecule has 0 aliphatic heterocycles. The Morgan fingerprint density at radius 3 is 2.64 bits per heavy atom. The second-order valence-electron chi connectivity index (χ2n) is 6.41. The number of fused-ring (bicyclic) bond motifs is 1. The summed E-state index contributed by atoms with van der Waals surface area (Å²) in [4.78, 5) is 28.4. The number of rotatable bonds is 5. The van der Waals surface area contributed by atoms with Crippen molar-refractivity contribution in [2.24, 2.45) is 0 Å². The predicted molar refractivity (Wildman–Crippen MR) is 108 cm³/mol. The lowest BCUT2D eigenvalue weighted by Gasteiger charge is -2.09. The van der Waals surface area contributed by atoms with Gasteiger partial charge in [-0.3, -0.25) is 14.6 Å². The third-order valence-electron chi connectivity index (χ3n) is 4.42. The summed E-state index contributed by atoms with van der Waals surface area (Å²) in [6, 6.07) is 20.8. The molecule has 0 aliphatic rings. The zero-order valence-electron chi connectivity index (χ0n) is 15.1. The monoisotopic (exact) mass is 370 g/mol. The van der Waals surface area contributed by atoms with E-state index >= 15 is 0 Å². The molecule has 28 heavy (non-hydrogen) atoms. The Morgan fingerprint density at radius 2 is 1.82 bits per heavy atom. The number of pyridine rings is 1. The first-order valence-corrected chi connectivity index (χ1v) is 8.92. The molecule has 0 spiro atoms. The van der Waals surface area contributed by atoms with Gasteiger partial charge in [-0.2, -0.15) is 5.10 Å². The number of benzene rings is 2. The average molecular weight is 370 g/mol. The van der Waals surface area contributed by atoms with Gasteiger partial charge in [0.1, 0.15) is 6.54 Å². The van der Waals surface area contributed by atoms with Crippen LogP contribution in [0.1, 0.15) is 5.56 Å². The van der Waals surface area contributed by atoms with Gasteiger partial charge in [0, 0.05) is 30.6 Å². The van der Waals surface area contributed by atoms with Gasteiger partial charge in [-0.25, -0.2) is 4.68 Å². The standard InChI is InChI=1S/C22H18N4O2/c27-21(24-14-16-4-3-11-23-13-16)15-26-22(28)10-9-20(25-26)19-8-7-17-5-1-2-6-18(17)12-19/h1-13H,14-15H2,(H,24,27). The van der Waals surface area contributed by atoms with E-state index in [1.165, 1.54) is 10.7 Å². The van der Waals surface area contributed by atoms with Gasteiger partial charge in [-0.05, 0) is 34.5 Å². The van der Waals surface area contributed by atoms with Crippen molar-refractivity contribution in [3.8, 4) is 11.3 Å². The van der Waals surface area contributed by atoms with Gasteiger partial charge in [0.05, 0.1) is 5.69 Å². The van der Waals surface area contributed by atoms with Crippen LogP contribution in [0.15, 0.2) is 83.9 Å². The molecule has 0 unspecified atom stereocenters. The summed E-state index contributed by atoms with van der Waals surface area (Å²) in [7, 11) is 0. The molecule has 6 heteroatoms. The maximum atomic E-state index is 12.2. The molecule has 0 fully saturated rings. The normalized spacial score (nSPS) is 10.7. The summed E-state index contributed by atoms with van der Waals surface area (Å²) < 4.78 is 1.18. The summed E-state index contributed by atoms with van der Waals surface area (Å²) in [5.74, 6) is -0.283. The van der Waals surface area contributed by atoms with Gasteiger partial charge >= 0.3 is 0 Å². The smallest absolute Gasteiger partial charge is 0.267 e. The van der Waals surface area contributed by atoms with Crippen molar-refractivity contribution < 1.29 is 4.79 Å². The first-order chi connectivity index (χ1) is 13.7. The van der Waals surface area contributed by atoms with Crippen LogP contribution in [0.25, 0.3) is 22.0 Å². The van der Waals surface area contributed by atoms with E-state index in [0.29, 0.717) is 12.2 Å². The summed E-state index contributed by atoms with van der Waals surface area (Å²) >= 11 is 0. The minimum Gasteiger partial charge on any atom is -0.350 e. The van der Waals surface area contributed by atoms with Crippen molar-refractivity contribution in [1.82, 2.24) is 20.1 Å². The Kier molecular flexibility index (Phi) is 4.93. The molecule has 2 aromatic heterocycles. The number of hydrogen-bond donors (Lipinski definition) is 1. The number of aromatic nitrogens is 3. The van der Waals surface area contributed by atoms with Crippen molar-refractivity contribution in [3.63, 3.8) is 0 Å². The molecule has 0 bridgehead atoms. The first-order valence-electron chi connectivity index (χ1n) is 8.92. The molecule has 2 aromatic carbocycles. The van der Waals surface area contributed by atoms with Crippen LogP contribution in [-0.4, -0.2) is 20.7 Å². The maximum Gasteiger partial charge on any atom is 0.267 e. The molecule has 0 saturated heterocycles. The average Bonchev–Trinajstić information content (AvgIpc) is 2.74. The van der Waals surface area contributed by atoms with Gasteiger partial charge in [0.2, 0.25) is 5.91 Å². The van der Waals surface area contributed by atoms with E-state index in [0.717, 1.165) is 21.9 Å². The van der Waals surface area contributed by atoms with Crippen LogP contribution in [0.4, 0.5) is 0 Å². The third-order valence-corrected chi connectivity index (χ3v) is 4.42. The van der Waals surface area contributed by atoms with Crippen LogP contribution in [0, 0.1) is 0 Å². The minimum atomic E-state index is -0.318. The number of carbonyl (C=O) groups is 1. The van der Waals surface area contributed by atoms with Gasteiger partial charge in [0.25, 0.3) is 5.56 Å². The van der Waals surface area contributed by atoms with E-state index in [9.17, 15) is 9.59 Å². The summed E-state index contributed by atoms with van der Waals surface area (Å²) in [6.07, 6.45) is 3.36. The molecule has 4 aromatic rings. The quantitative estimate of drug-likeness (QED) is 0.586. The summed E-state index contributed by atoms with van der Waals surface area (Å²) in [5.41, 5.74) is 2.11. The van der Waals surface area contributed by atoms with Crippen LogP contribution in [0.2, 0.25) is 0 Å². The zero-order chi connectivity index (χ0) is 19.3. The van der Waals surface area contributed by atoms with Crippen LogP contribution in [0.3, 0.4) is 0 Å². The number of hydrogen-bond acceptors (Lipinski definition) is 4. The second-order valence-corrected chi connectivity index (χ2v) is 6.41. The lowest BCUT2D eigenvalue weighted by Crippen LogP contribution is -2.33. The van der Waals surface area contributed by atoms with Crippen LogP contribution in [-0.2, 0) is 17.9 Å². The first kappa shape index (κ1) is 17.6. The van der Waals surface area contributed by atoms with Crippen molar-refractivity contribution in [2.45, 2.75) is 13.1 Å². The van der Waals surface area contributed by atoms with Gasteiger partial charge in [0.15, 0.2) is 0 Å². The maximum absolute atomic E-state index is 12.2. The molecule has 138 valence electrons. The summed E-state index contributed by atoms with van der Waals surface area (Å²) in [6.45, 7) is 0.215. The molecule has 2 heterocycles. The van der Waals surface area contributed by atoms with Crippen molar-refractivity contribution >= 4 is 16.7 Å². The Balaban J connectivity index is 1.53. The molecule has 0 atom stereocenters. The fraction of sp³-hybridized carbons (Fsp3) is 0.0909. The van der Waals surface area contributed by atoms with E-state index in [2.05, 4.69) is 15.4 Å². The molecule has 0 aliphatic carbocycles. The van der Waals surface area contributed by atoms with Crippen LogP contribution < -0.4 is 10.9 Å². The fourth-order valence-electron chi connectivity index (χ4n) is 2.96. The zero-order valence-corrected chi connectivity index (χ0v) is 15.1. The fourth-order valence-corrected chi connectivity index (χ4v) is 2.96. The molecule has 4 rings (SSSR count). The highest BCUT2D eigenvalue weighted by Gasteiger charge is 2.08. The number of nitrogens with zero attached hydrogens (tertiary/aromatic N) is 3. The Morgan fingerprint density at radius 1 is 0.964 bits per heavy atom. The lowest BCUT2D eigenvalue weighted by atomic mass is 10.1. The van der Waals surface area contributed by atoms with E-state index < -0.39 is 0 Å². The van der Waals surface area contributed by atoms with E-state index in [4.69, 9.17) is 0 Å². The lowest BCUT2D eigenvalue weighted by molar-refractivity contribution is -0.122. The predicted octanol–water partition coefficient (Wildman–Crippen LogP) is 2.77. The second kappa shape index (κ2) is 7.84. The van der Waals surface area contributed by atoms with Crippen LogP contribution in [0.5, 0.6) is 0 Å². The molecular formula is C22H18N4O2. The molecular weight excluding hydrogens is 352 g/mol. The highest BCUT2D eigenvalue weighted by molar-refractivity contribution is 5.86. The van der Waals surface area contributed by atoms with Crippen molar-refractivity contribution in [2.75, 3.05) is 0 Å². The van der Waals surface area contributed by atoms with Gasteiger partial charge in [-0.15, -0.1) is 0 Å². The highest BCUT2D eigenvalue weighted by Crippen LogP contribution is 2.22. The number of nitrogens with one attached hydrogen (secondary N) is 1. The number of amides is 1. The van der Waals surface area contributed by atoms with Crippen molar-refractivity contribution in [3.05, 3.63) is 95.0 Å². The molecule has 0 saturated carbocycles. The highest BCUT2D eigenvalue weighted by atomic mass is 16.2. The van der Waals surface area contributed by atoms with Crippen LogP contribution >= 0.6 is 0 Å². The topological polar surface area (TPSA) is 76.9 Å². The molecule has 1 N–H and O–H groups in total. The van der Waals surface area contributed by atoms with E-state index in [-0.39, 0.29) is 18.0 Å². The third kappa shape index (κ3) is 3.96. The van der Waals surface area contributed by atoms with E-state index in [1.54, 1.807) is 24.5 Å². The Labute approximate surface area is 161 Å². The number of carbonyl (C=O) groups excluding carboxylic acids is 1. The van der Waals surface area contributed by atoms with Gasteiger partial charge in [-0.1, -0.05) is 42.5 Å². The minimum absolute atomic E-state index is 0.138. The van der Waals surface area contributed by atoms with Crippen molar-refractivity contribution in [1.29, 1.82) is 0 Å². The SMILES string of the molecule is O=C(Cn1nc(-c2ccc3ccccc3c2)ccc1=O)NCc1cccnc1.